The maximum absolute atomic E-state index is 14.0. The minimum atomic E-state index is -5.11. The van der Waals surface area contributed by atoms with E-state index in [9.17, 15) is 51.9 Å². The van der Waals surface area contributed by atoms with Crippen molar-refractivity contribution in [2.45, 2.75) is 31.3 Å². The highest BCUT2D eigenvalue weighted by molar-refractivity contribution is 7.88. The lowest BCUT2D eigenvalue weighted by Crippen LogP contribution is -2.90. The number of carbonyl (C=O) groups is 8. The number of ether oxygens (including phenoxy) is 2. The molecule has 3 aliphatic rings. The van der Waals surface area contributed by atoms with Crippen LogP contribution in [0.5, 0.6) is 0 Å². The Morgan fingerprint density at radius 3 is 2.54 bits per heavy atom. The Bertz CT molecular complexity index is 1910. The number of oxime groups is 1. The third kappa shape index (κ3) is 8.26. The quantitative estimate of drug-likeness (QED) is 0.0246. The molecule has 10 N–H and O–H groups in total. The second-order valence-electron chi connectivity index (χ2n) is 10.5. The van der Waals surface area contributed by atoms with Gasteiger partial charge in [-0.05, 0) is 6.92 Å². The minimum Gasteiger partial charge on any atom is -0.479 e. The van der Waals surface area contributed by atoms with Crippen molar-refractivity contribution in [2.24, 2.45) is 15.9 Å². The van der Waals surface area contributed by atoms with Gasteiger partial charge in [-0.3, -0.25) is 25.1 Å². The number of ketones is 1. The first-order chi connectivity index (χ1) is 24.4. The summed E-state index contributed by atoms with van der Waals surface area (Å²) in [4.78, 5) is 114. The highest BCUT2D eigenvalue weighted by Gasteiger charge is 2.72. The number of β-lactam (4-membered cyclic amide) rings is 1. The van der Waals surface area contributed by atoms with Gasteiger partial charge in [-0.1, -0.05) is 9.75 Å². The number of thiazole rings is 1. The van der Waals surface area contributed by atoms with Crippen LogP contribution in [0, 0.1) is 0 Å². The molecule has 52 heavy (non-hydrogen) atoms. The summed E-state index contributed by atoms with van der Waals surface area (Å²) in [5.41, 5.74) is 11.1. The van der Waals surface area contributed by atoms with E-state index in [-0.39, 0.29) is 21.7 Å². The zero-order valence-corrected chi connectivity index (χ0v) is 27.9. The van der Waals surface area contributed by atoms with E-state index in [1.165, 1.54) is 17.0 Å². The SMILES string of the molecule is CC(N)OC(=O)OCC1[C@H](NC(=O)/C(=N\OCC(=O)O)c2csc(N)n2)C(=O)[N@+]1(NC(=O)C1=CC(=O)C(O)C=N1)C(=O)NS(=O)(=O)N1CCNC1=O. The molecule has 0 bridgehead atoms. The number of likely N-dealkylation sites (tertiary alicyclic amines) is 1. The summed E-state index contributed by atoms with van der Waals surface area (Å²) in [5, 5.41) is 27.4. The summed E-state index contributed by atoms with van der Waals surface area (Å²) < 4.78 is 35.3. The molecule has 2 fully saturated rings. The summed E-state index contributed by atoms with van der Waals surface area (Å²) in [6.07, 6.45) is -3.31. The summed E-state index contributed by atoms with van der Waals surface area (Å²) in [6, 6.07) is -7.05. The molecule has 0 spiro atoms. The number of aliphatic imine (C=N–C) groups is 1. The fourth-order valence-corrected chi connectivity index (χ4v) is 6.18. The summed E-state index contributed by atoms with van der Waals surface area (Å²) in [5.74, 6) is -6.89. The Kier molecular flexibility index (Phi) is 11.5. The molecule has 4 heterocycles. The maximum Gasteiger partial charge on any atom is 0.510 e. The van der Waals surface area contributed by atoms with Gasteiger partial charge in [0.2, 0.25) is 12.6 Å². The Labute approximate surface area is 294 Å². The number of hydrogen-bond donors (Lipinski definition) is 8. The number of aliphatic hydroxyl groups is 1. The Hall–Kier alpha value is -6.10. The third-order valence-electron chi connectivity index (χ3n) is 6.84. The Balaban J connectivity index is 1.76. The number of nitrogens with two attached hydrogens (primary N) is 2. The van der Waals surface area contributed by atoms with E-state index in [2.05, 4.69) is 35.3 Å². The highest BCUT2D eigenvalue weighted by atomic mass is 32.2. The van der Waals surface area contributed by atoms with Crippen molar-refractivity contribution >= 4 is 86.3 Å². The van der Waals surface area contributed by atoms with Crippen molar-refractivity contribution < 1.29 is 75.9 Å². The standard InChI is InChI=1S/C24H27N11O15S2/c1-9(25)50-24(45)48-6-12-17(30-19(41)16(32-49-7-15(38)39)11-8-51-21(26)29-11)20(42)35(12,31-18(40)10-4-13(36)14(37)5-28-10)23(44)33-52(46,47)34-3-2-27-22(34)43/h4-5,8-9,12,14,17,37H,2-3,6-7,25H2,1H3,(H6-,26,27,29,30,31,33,38,39,40,41,43,44)/p+1/b32-16-/t9?,12?,14?,17-,35-/m0/s1. The number of anilines is 1. The molecule has 0 aliphatic carbocycles. The van der Waals surface area contributed by atoms with Crippen molar-refractivity contribution in [1.82, 2.24) is 30.1 Å². The summed E-state index contributed by atoms with van der Waals surface area (Å²) in [7, 11) is -5.11. The number of carboxylic acids is 1. The molecule has 28 heteroatoms. The molecule has 3 unspecified atom stereocenters. The molecule has 1 aromatic heterocycles. The van der Waals surface area contributed by atoms with Crippen LogP contribution in [-0.4, -0.2) is 143 Å². The smallest absolute Gasteiger partial charge is 0.479 e. The predicted molar refractivity (Wildman–Crippen MR) is 167 cm³/mol. The summed E-state index contributed by atoms with van der Waals surface area (Å²) >= 11 is 0.822. The molecule has 4 rings (SSSR count). The molecule has 0 aromatic carbocycles. The molecule has 2 saturated heterocycles. The monoisotopic (exact) mass is 774 g/mol. The first kappa shape index (κ1) is 38.7. The molecule has 280 valence electrons. The fourth-order valence-electron chi connectivity index (χ4n) is 4.54. The van der Waals surface area contributed by atoms with Gasteiger partial charge in [0.25, 0.3) is 5.91 Å². The van der Waals surface area contributed by atoms with E-state index in [4.69, 9.17) is 21.3 Å². The van der Waals surface area contributed by atoms with E-state index >= 15 is 0 Å². The topological polar surface area (TPSA) is 380 Å². The average molecular weight is 775 g/mol. The molecule has 7 amide bonds. The number of aliphatic hydroxyl groups excluding tert-OH is 1. The number of rotatable bonds is 12. The number of amides is 7. The number of urea groups is 2. The number of quaternary nitrogens is 1. The lowest BCUT2D eigenvalue weighted by molar-refractivity contribution is -0.868. The van der Waals surface area contributed by atoms with Crippen molar-refractivity contribution in [1.29, 1.82) is 0 Å². The number of imide groups is 1. The summed E-state index contributed by atoms with van der Waals surface area (Å²) in [6.45, 7) is -1.57. The first-order valence-corrected chi connectivity index (χ1v) is 16.6. The van der Waals surface area contributed by atoms with E-state index in [0.29, 0.717) is 12.3 Å². The van der Waals surface area contributed by atoms with Crippen LogP contribution in [0.15, 0.2) is 27.3 Å². The number of nitrogen functional groups attached to an aromatic ring is 1. The van der Waals surface area contributed by atoms with Gasteiger partial charge in [-0.25, -0.2) is 33.3 Å². The van der Waals surface area contributed by atoms with Crippen LogP contribution >= 0.6 is 11.3 Å². The first-order valence-electron chi connectivity index (χ1n) is 14.3. The van der Waals surface area contributed by atoms with E-state index < -0.39 is 118 Å². The Morgan fingerprint density at radius 2 is 1.96 bits per heavy atom. The molecule has 0 radical (unpaired) electrons. The molecule has 3 aliphatic heterocycles. The maximum atomic E-state index is 14.0. The fraction of sp³-hybridized carbons (Fsp3) is 0.375. The highest BCUT2D eigenvalue weighted by Crippen LogP contribution is 2.31. The van der Waals surface area contributed by atoms with Gasteiger partial charge in [0, 0.05) is 24.2 Å². The van der Waals surface area contributed by atoms with Crippen molar-refractivity contribution in [3.8, 4) is 0 Å². The van der Waals surface area contributed by atoms with Gasteiger partial charge in [-0.2, -0.15) is 18.6 Å². The van der Waals surface area contributed by atoms with Gasteiger partial charge in [0.15, 0.2) is 41.6 Å². The largest absolute Gasteiger partial charge is 0.510 e. The number of aromatic nitrogens is 1. The van der Waals surface area contributed by atoms with Gasteiger partial charge in [0.1, 0.15) is 11.4 Å². The van der Waals surface area contributed by atoms with E-state index in [1.54, 1.807) is 0 Å². The second-order valence-corrected chi connectivity index (χ2v) is 12.9. The zero-order chi connectivity index (χ0) is 38.5. The normalized spacial score (nSPS) is 23.4. The zero-order valence-electron chi connectivity index (χ0n) is 26.3. The third-order valence-corrected chi connectivity index (χ3v) is 8.88. The average Bonchev–Trinajstić information content (AvgIpc) is 3.70. The number of aliphatic carboxylic acids is 1. The predicted octanol–water partition coefficient (Wildman–Crippen LogP) is -4.89. The molecule has 26 nitrogen and oxygen atoms in total. The molecular weight excluding hydrogens is 746 g/mol. The lowest BCUT2D eigenvalue weighted by Gasteiger charge is -2.48. The van der Waals surface area contributed by atoms with Gasteiger partial charge in [0.05, 0.1) is 6.54 Å². The van der Waals surface area contributed by atoms with Gasteiger partial charge in [-0.15, -0.1) is 11.3 Å². The van der Waals surface area contributed by atoms with Crippen LogP contribution in [0.1, 0.15) is 12.6 Å². The second kappa shape index (κ2) is 15.4. The number of hydrogen-bond acceptors (Lipinski definition) is 20. The van der Waals surface area contributed by atoms with Crippen molar-refractivity contribution in [3.05, 3.63) is 22.8 Å². The van der Waals surface area contributed by atoms with Crippen LogP contribution in [0.2, 0.25) is 0 Å². The molecule has 5 atom stereocenters. The number of nitrogens with one attached hydrogen (secondary N) is 4. The molecule has 1 aromatic rings. The van der Waals surface area contributed by atoms with Crippen molar-refractivity contribution in [2.75, 3.05) is 32.0 Å². The number of nitrogens with zero attached hydrogens (tertiary/aromatic N) is 5. The van der Waals surface area contributed by atoms with Crippen LogP contribution in [0.25, 0.3) is 0 Å². The van der Waals surface area contributed by atoms with Crippen LogP contribution in [0.4, 0.5) is 19.5 Å². The van der Waals surface area contributed by atoms with Gasteiger partial charge >= 0.3 is 46.2 Å². The van der Waals surface area contributed by atoms with Crippen LogP contribution in [0.3, 0.4) is 0 Å². The number of carboxylic acid groups (broad SMARTS) is 1. The minimum absolute atomic E-state index is 0.0824. The number of carbonyl (C=O) groups excluding carboxylic acids is 7. The van der Waals surface area contributed by atoms with Crippen molar-refractivity contribution in [3.63, 3.8) is 0 Å². The molecular formula is C24H28N11O15S2+. The van der Waals surface area contributed by atoms with Gasteiger partial charge < -0.3 is 40.9 Å². The Morgan fingerprint density at radius 1 is 1.25 bits per heavy atom. The lowest BCUT2D eigenvalue weighted by atomic mass is 9.93. The van der Waals surface area contributed by atoms with E-state index in [1.807, 2.05) is 5.43 Å². The van der Waals surface area contributed by atoms with Crippen LogP contribution in [-0.2, 0) is 48.5 Å². The van der Waals surface area contributed by atoms with Crippen LogP contribution < -0.4 is 32.2 Å². The van der Waals surface area contributed by atoms with E-state index in [0.717, 1.165) is 11.3 Å². The molecule has 0 saturated carbocycles.